The number of nitrogens with zero attached hydrogens (tertiary/aromatic N) is 5. The van der Waals surface area contributed by atoms with Crippen LogP contribution in [-0.2, 0) is 21.7 Å². The lowest BCUT2D eigenvalue weighted by Gasteiger charge is -2.62. The van der Waals surface area contributed by atoms with Crippen LogP contribution in [0.3, 0.4) is 0 Å². The summed E-state index contributed by atoms with van der Waals surface area (Å²) in [6, 6.07) is 12.6. The molecular formula is C33H31F2N7O3. The number of primary amides is 1. The van der Waals surface area contributed by atoms with Gasteiger partial charge < -0.3 is 16.0 Å². The highest BCUT2D eigenvalue weighted by Crippen LogP contribution is 2.79. The van der Waals surface area contributed by atoms with Crippen molar-refractivity contribution in [2.24, 2.45) is 23.0 Å². The van der Waals surface area contributed by atoms with E-state index in [1.54, 1.807) is 54.9 Å². The lowest BCUT2D eigenvalue weighted by Crippen LogP contribution is -2.69. The molecule has 2 aromatic heterocycles. The molecule has 3 N–H and O–H groups in total. The van der Waals surface area contributed by atoms with E-state index in [0.717, 1.165) is 36.8 Å². The third-order valence-corrected chi connectivity index (χ3v) is 10.9. The van der Waals surface area contributed by atoms with Crippen molar-refractivity contribution >= 4 is 28.6 Å². The van der Waals surface area contributed by atoms with Crippen LogP contribution in [0, 0.1) is 23.1 Å². The van der Waals surface area contributed by atoms with Gasteiger partial charge in [-0.15, -0.1) is 0 Å². The maximum Gasteiger partial charge on any atom is 0.269 e. The fourth-order valence-corrected chi connectivity index (χ4v) is 9.06. The van der Waals surface area contributed by atoms with Crippen molar-refractivity contribution in [2.45, 2.75) is 56.4 Å². The van der Waals surface area contributed by atoms with Gasteiger partial charge in [0.25, 0.3) is 5.91 Å². The zero-order chi connectivity index (χ0) is 31.1. The van der Waals surface area contributed by atoms with Crippen LogP contribution in [-0.4, -0.2) is 61.4 Å². The van der Waals surface area contributed by atoms with Gasteiger partial charge >= 0.3 is 0 Å². The molecule has 0 radical (unpaired) electrons. The van der Waals surface area contributed by atoms with E-state index in [0.29, 0.717) is 22.4 Å². The summed E-state index contributed by atoms with van der Waals surface area (Å²) in [5.74, 6) is -1.61. The van der Waals surface area contributed by atoms with Gasteiger partial charge in [0, 0.05) is 22.9 Å². The van der Waals surface area contributed by atoms with Crippen molar-refractivity contribution in [1.29, 1.82) is 0 Å². The number of nitrogens with one attached hydrogen (secondary N) is 1. The Labute approximate surface area is 257 Å². The van der Waals surface area contributed by atoms with Gasteiger partial charge in [-0.05, 0) is 72.8 Å². The van der Waals surface area contributed by atoms with Crippen LogP contribution >= 0.6 is 0 Å². The molecule has 230 valence electrons. The topological polar surface area (TPSA) is 136 Å². The van der Waals surface area contributed by atoms with Crippen LogP contribution in [0.2, 0.25) is 0 Å². The molecule has 1 aliphatic heterocycles. The first-order valence-corrected chi connectivity index (χ1v) is 15.3. The van der Waals surface area contributed by atoms with E-state index in [1.807, 2.05) is 0 Å². The molecule has 2 aromatic carbocycles. The number of rotatable bonds is 7. The number of hydrogen-bond donors (Lipinski definition) is 2. The molecule has 4 aromatic rings. The second-order valence-electron chi connectivity index (χ2n) is 13.0. The number of likely N-dealkylation sites (tertiary alicyclic amines) is 1. The van der Waals surface area contributed by atoms with Gasteiger partial charge in [-0.2, -0.15) is 15.3 Å². The summed E-state index contributed by atoms with van der Waals surface area (Å²) >= 11 is 0. The average Bonchev–Trinajstić information content (AvgIpc) is 3.86. The molecular weight excluding hydrogens is 580 g/mol. The van der Waals surface area contributed by atoms with Gasteiger partial charge in [0.2, 0.25) is 11.8 Å². The second kappa shape index (κ2) is 9.88. The molecule has 45 heavy (non-hydrogen) atoms. The fourth-order valence-electron chi connectivity index (χ4n) is 9.06. The molecule has 5 unspecified atom stereocenters. The highest BCUT2D eigenvalue weighted by atomic mass is 19.1. The van der Waals surface area contributed by atoms with Gasteiger partial charge in [0.05, 0.1) is 30.0 Å². The predicted molar refractivity (Wildman–Crippen MR) is 158 cm³/mol. The van der Waals surface area contributed by atoms with Crippen LogP contribution in [0.5, 0.6) is 0 Å². The van der Waals surface area contributed by atoms with Crippen LogP contribution in [0.15, 0.2) is 60.9 Å². The minimum atomic E-state index is -1.39. The molecule has 3 bridgehead atoms. The summed E-state index contributed by atoms with van der Waals surface area (Å²) in [5.41, 5.74) is 7.03. The Morgan fingerprint density at radius 1 is 1.07 bits per heavy atom. The lowest BCUT2D eigenvalue weighted by molar-refractivity contribution is -0.146. The standard InChI is InChI=1S/C33H31F2N7O3/c34-21-12-27(31(45)39-33(23-3-1-2-4-25(23)35)24-14-32(33)9-7-19(24)13-32)41(16-21)28(43)17-42-26-6-5-18(20-8-10-37-38-15-20)11-22(26)29(40-42)30(36)44/h1-6,8,10-11,15,19,21,24,27H,7,9,12-14,16-17H2,(H2,36,44)(H,39,45)/t19?,21?,24?,27?,32?,33-/m0/s1. The molecule has 9 rings (SSSR count). The van der Waals surface area contributed by atoms with E-state index in [4.69, 9.17) is 5.73 Å². The first kappa shape index (κ1) is 27.8. The molecule has 4 aliphatic carbocycles. The molecule has 5 aliphatic rings. The van der Waals surface area contributed by atoms with E-state index in [9.17, 15) is 18.8 Å². The molecule has 12 heteroatoms. The Hall–Kier alpha value is -4.74. The Morgan fingerprint density at radius 3 is 2.60 bits per heavy atom. The number of nitrogens with two attached hydrogens (primary N) is 1. The monoisotopic (exact) mass is 611 g/mol. The van der Waals surface area contributed by atoms with Crippen molar-refractivity contribution in [2.75, 3.05) is 6.54 Å². The summed E-state index contributed by atoms with van der Waals surface area (Å²) in [6.07, 6.45) is 5.41. The summed E-state index contributed by atoms with van der Waals surface area (Å²) in [5, 5.41) is 15.7. The first-order chi connectivity index (χ1) is 21.7. The zero-order valence-corrected chi connectivity index (χ0v) is 24.3. The lowest BCUT2D eigenvalue weighted by atomic mass is 9.47. The number of aromatic nitrogens is 4. The molecule has 1 saturated heterocycles. The van der Waals surface area contributed by atoms with E-state index < -0.39 is 35.5 Å². The summed E-state index contributed by atoms with van der Waals surface area (Å²) < 4.78 is 31.6. The van der Waals surface area contributed by atoms with E-state index in [-0.39, 0.29) is 42.4 Å². The number of halogens is 2. The smallest absolute Gasteiger partial charge is 0.269 e. The average molecular weight is 612 g/mol. The number of fused-ring (bicyclic) bond motifs is 1. The van der Waals surface area contributed by atoms with Gasteiger partial charge in [0.15, 0.2) is 5.69 Å². The number of carbonyl (C=O) groups excluding carboxylic acids is 3. The van der Waals surface area contributed by atoms with Gasteiger partial charge in [-0.3, -0.25) is 19.1 Å². The number of alkyl halides is 1. The first-order valence-electron chi connectivity index (χ1n) is 15.3. The van der Waals surface area contributed by atoms with Crippen molar-refractivity contribution in [3.05, 3.63) is 78.0 Å². The molecule has 1 spiro atoms. The van der Waals surface area contributed by atoms with Gasteiger partial charge in [-0.1, -0.05) is 24.3 Å². The largest absolute Gasteiger partial charge is 0.364 e. The minimum Gasteiger partial charge on any atom is -0.364 e. The Balaban J connectivity index is 1.08. The third kappa shape index (κ3) is 3.96. The van der Waals surface area contributed by atoms with Crippen molar-refractivity contribution < 1.29 is 23.2 Å². The quantitative estimate of drug-likeness (QED) is 0.328. The normalized spacial score (nSPS) is 29.6. The molecule has 5 fully saturated rings. The summed E-state index contributed by atoms with van der Waals surface area (Å²) in [6.45, 7) is -0.578. The van der Waals surface area contributed by atoms with Crippen molar-refractivity contribution in [1.82, 2.24) is 30.2 Å². The highest BCUT2D eigenvalue weighted by Gasteiger charge is 2.77. The van der Waals surface area contributed by atoms with Crippen LogP contribution < -0.4 is 11.1 Å². The Bertz CT molecular complexity index is 1880. The maximum atomic E-state index is 15.3. The molecule has 4 saturated carbocycles. The zero-order valence-electron chi connectivity index (χ0n) is 24.3. The summed E-state index contributed by atoms with van der Waals surface area (Å²) in [7, 11) is 0. The van der Waals surface area contributed by atoms with Crippen LogP contribution in [0.1, 0.15) is 48.2 Å². The van der Waals surface area contributed by atoms with E-state index in [1.165, 1.54) is 15.6 Å². The van der Waals surface area contributed by atoms with E-state index in [2.05, 4.69) is 20.6 Å². The summed E-state index contributed by atoms with van der Waals surface area (Å²) in [4.78, 5) is 41.4. The van der Waals surface area contributed by atoms with Gasteiger partial charge in [0.1, 0.15) is 24.6 Å². The fraction of sp³-hybridized carbons (Fsp3) is 0.394. The number of amides is 3. The van der Waals surface area contributed by atoms with Crippen LogP contribution in [0.4, 0.5) is 8.78 Å². The molecule has 10 nitrogen and oxygen atoms in total. The van der Waals surface area contributed by atoms with Crippen LogP contribution in [0.25, 0.3) is 22.0 Å². The van der Waals surface area contributed by atoms with Gasteiger partial charge in [-0.25, -0.2) is 8.78 Å². The molecule has 3 heterocycles. The number of benzene rings is 2. The minimum absolute atomic E-state index is 0.0117. The molecule has 3 amide bonds. The maximum absolute atomic E-state index is 15.3. The second-order valence-corrected chi connectivity index (χ2v) is 13.0. The number of hydrogen-bond acceptors (Lipinski definition) is 6. The predicted octanol–water partition coefficient (Wildman–Crippen LogP) is 3.50. The third-order valence-electron chi connectivity index (χ3n) is 10.9. The number of carbonyl (C=O) groups is 3. The highest BCUT2D eigenvalue weighted by molar-refractivity contribution is 6.05. The van der Waals surface area contributed by atoms with Crippen molar-refractivity contribution in [3.63, 3.8) is 0 Å². The Kier molecular flexibility index (Phi) is 6.10. The van der Waals surface area contributed by atoms with E-state index >= 15 is 4.39 Å². The molecule has 6 atom stereocenters. The van der Waals surface area contributed by atoms with Crippen molar-refractivity contribution in [3.8, 4) is 11.1 Å². The Morgan fingerprint density at radius 2 is 1.91 bits per heavy atom. The SMILES string of the molecule is NC(=O)c1nn(CC(=O)N2CC(F)CC2C(=O)N[C@@]2(c3ccccc3F)C3CC24CCC3C4)c2ccc(-c3ccnnc3)cc12.